The van der Waals surface area contributed by atoms with Gasteiger partial charge in [0.25, 0.3) is 0 Å². The summed E-state index contributed by atoms with van der Waals surface area (Å²) in [4.78, 5) is 0. The highest BCUT2D eigenvalue weighted by Crippen LogP contribution is 2.14. The molecule has 0 saturated carbocycles. The topological polar surface area (TPSA) is 9.23 Å². The van der Waals surface area contributed by atoms with Crippen LogP contribution in [0.5, 0.6) is 5.75 Å². The Morgan fingerprint density at radius 2 is 1.67 bits per heavy atom. The molecule has 90 valence electrons. The van der Waals surface area contributed by atoms with Gasteiger partial charge in [0.15, 0.2) is 0 Å². The molecule has 0 amide bonds. The van der Waals surface area contributed by atoms with E-state index in [1.54, 1.807) is 19.2 Å². The van der Waals surface area contributed by atoms with Crippen LogP contribution in [0.4, 0.5) is 4.39 Å². The van der Waals surface area contributed by atoms with Crippen molar-refractivity contribution in [2.45, 2.75) is 0 Å². The summed E-state index contributed by atoms with van der Waals surface area (Å²) >= 11 is 0. The summed E-state index contributed by atoms with van der Waals surface area (Å²) in [6.07, 6.45) is 3.94. The van der Waals surface area contributed by atoms with Gasteiger partial charge in [0.05, 0.1) is 7.11 Å². The van der Waals surface area contributed by atoms with E-state index >= 15 is 0 Å². The summed E-state index contributed by atoms with van der Waals surface area (Å²) in [5.41, 5.74) is 3.18. The molecule has 0 aliphatic heterocycles. The molecule has 0 atom stereocenters. The number of benzene rings is 2. The van der Waals surface area contributed by atoms with E-state index in [-0.39, 0.29) is 5.82 Å². The molecule has 0 fully saturated rings. The van der Waals surface area contributed by atoms with Crippen LogP contribution in [0.1, 0.15) is 11.1 Å². The zero-order valence-electron chi connectivity index (χ0n) is 10.5. The van der Waals surface area contributed by atoms with Gasteiger partial charge in [-0.25, -0.2) is 4.39 Å². The molecular weight excluding hydrogens is 226 g/mol. The lowest BCUT2D eigenvalue weighted by Crippen LogP contribution is -2.02. The quantitative estimate of drug-likeness (QED) is 0.590. The van der Waals surface area contributed by atoms with Crippen molar-refractivity contribution < 1.29 is 9.13 Å². The fraction of sp³-hybridized carbons (Fsp3) is 0.0667. The van der Waals surface area contributed by atoms with E-state index < -0.39 is 0 Å². The highest BCUT2D eigenvalue weighted by molar-refractivity contribution is 6.32. The van der Waals surface area contributed by atoms with Gasteiger partial charge in [0.1, 0.15) is 19.4 Å². The van der Waals surface area contributed by atoms with E-state index in [1.807, 2.05) is 32.1 Å². The van der Waals surface area contributed by atoms with Crippen molar-refractivity contribution in [1.29, 1.82) is 0 Å². The fourth-order valence-electron chi connectivity index (χ4n) is 1.76. The van der Waals surface area contributed by atoms with Crippen LogP contribution in [0.25, 0.3) is 12.2 Å². The van der Waals surface area contributed by atoms with Gasteiger partial charge in [0, 0.05) is 0 Å². The lowest BCUT2D eigenvalue weighted by atomic mass is 9.94. The monoisotopic (exact) mass is 240 g/mol. The lowest BCUT2D eigenvalue weighted by Gasteiger charge is -2.03. The Hall–Kier alpha value is -2.03. The van der Waals surface area contributed by atoms with Gasteiger partial charge in [-0.2, -0.15) is 0 Å². The van der Waals surface area contributed by atoms with Gasteiger partial charge in [0.2, 0.25) is 0 Å². The second-order valence-corrected chi connectivity index (χ2v) is 4.17. The maximum absolute atomic E-state index is 12.8. The summed E-state index contributed by atoms with van der Waals surface area (Å²) < 4.78 is 18.0. The van der Waals surface area contributed by atoms with Gasteiger partial charge >= 0.3 is 0 Å². The SMILES string of the molecule is Bc1cc(C=Cc2ccc(F)cc2)cc(OC)c1. The average molecular weight is 240 g/mol. The molecule has 0 aliphatic rings. The van der Waals surface area contributed by atoms with Crippen LogP contribution >= 0.6 is 0 Å². The van der Waals surface area contributed by atoms with Crippen molar-refractivity contribution in [3.63, 3.8) is 0 Å². The predicted molar refractivity (Wildman–Crippen MR) is 76.5 cm³/mol. The molecule has 0 radical (unpaired) electrons. The zero-order chi connectivity index (χ0) is 13.0. The fourth-order valence-corrected chi connectivity index (χ4v) is 1.76. The molecule has 0 aliphatic carbocycles. The van der Waals surface area contributed by atoms with Crippen LogP contribution in [0.15, 0.2) is 42.5 Å². The molecule has 0 N–H and O–H groups in total. The molecule has 18 heavy (non-hydrogen) atoms. The van der Waals surface area contributed by atoms with Gasteiger partial charge < -0.3 is 4.74 Å². The van der Waals surface area contributed by atoms with Crippen LogP contribution in [-0.4, -0.2) is 15.0 Å². The Labute approximate surface area is 107 Å². The summed E-state index contributed by atoms with van der Waals surface area (Å²) in [5, 5.41) is 0. The first-order valence-corrected chi connectivity index (χ1v) is 5.77. The normalized spacial score (nSPS) is 10.8. The van der Waals surface area contributed by atoms with Crippen molar-refractivity contribution >= 4 is 25.5 Å². The molecule has 0 bridgehead atoms. The number of methoxy groups -OCH3 is 1. The molecule has 3 heteroatoms. The van der Waals surface area contributed by atoms with E-state index in [1.165, 1.54) is 12.1 Å². The molecule has 0 spiro atoms. The molecular formula is C15H14BFO. The minimum atomic E-state index is -0.218. The van der Waals surface area contributed by atoms with Gasteiger partial charge in [-0.05, 0) is 35.4 Å². The molecule has 0 saturated heterocycles. The Kier molecular flexibility index (Phi) is 3.83. The molecule has 1 nitrogen and oxygen atoms in total. The van der Waals surface area contributed by atoms with Gasteiger partial charge in [-0.1, -0.05) is 35.8 Å². The highest BCUT2D eigenvalue weighted by Gasteiger charge is 1.96. The maximum atomic E-state index is 12.8. The van der Waals surface area contributed by atoms with E-state index in [9.17, 15) is 4.39 Å². The number of ether oxygens (including phenoxy) is 1. The number of rotatable bonds is 3. The van der Waals surface area contributed by atoms with Crippen LogP contribution in [0.2, 0.25) is 0 Å². The van der Waals surface area contributed by atoms with Gasteiger partial charge in [-0.15, -0.1) is 0 Å². The summed E-state index contributed by atoms with van der Waals surface area (Å²) in [6, 6.07) is 12.4. The summed E-state index contributed by atoms with van der Waals surface area (Å²) in [6.45, 7) is 0. The van der Waals surface area contributed by atoms with E-state index in [0.29, 0.717) is 0 Å². The molecule has 2 aromatic rings. The molecule has 2 aromatic carbocycles. The first kappa shape index (κ1) is 12.4. The minimum Gasteiger partial charge on any atom is -0.497 e. The third-order valence-corrected chi connectivity index (χ3v) is 2.65. The third kappa shape index (κ3) is 3.23. The Morgan fingerprint density at radius 3 is 2.33 bits per heavy atom. The first-order chi connectivity index (χ1) is 8.67. The van der Waals surface area contributed by atoms with Crippen LogP contribution in [0, 0.1) is 5.82 Å². The first-order valence-electron chi connectivity index (χ1n) is 5.77. The van der Waals surface area contributed by atoms with Crippen molar-refractivity contribution in [2.75, 3.05) is 7.11 Å². The molecule has 0 heterocycles. The zero-order valence-corrected chi connectivity index (χ0v) is 10.5. The van der Waals surface area contributed by atoms with Crippen molar-refractivity contribution in [3.05, 3.63) is 59.4 Å². The van der Waals surface area contributed by atoms with Crippen LogP contribution in [-0.2, 0) is 0 Å². The molecule has 2 rings (SSSR count). The van der Waals surface area contributed by atoms with Crippen molar-refractivity contribution in [3.8, 4) is 5.75 Å². The Balaban J connectivity index is 2.22. The maximum Gasteiger partial charge on any atom is 0.139 e. The second kappa shape index (κ2) is 5.54. The van der Waals surface area contributed by atoms with E-state index in [4.69, 9.17) is 4.74 Å². The molecule has 0 unspecified atom stereocenters. The standard InChI is InChI=1S/C15H14BFO/c1-18-15-9-12(8-13(16)10-15)3-2-11-4-6-14(17)7-5-11/h2-10H,16H2,1H3. The highest BCUT2D eigenvalue weighted by atomic mass is 19.1. The number of halogens is 1. The molecule has 0 aromatic heterocycles. The second-order valence-electron chi connectivity index (χ2n) is 4.17. The lowest BCUT2D eigenvalue weighted by molar-refractivity contribution is 0.415. The number of hydrogen-bond donors (Lipinski definition) is 0. The van der Waals surface area contributed by atoms with E-state index in [2.05, 4.69) is 6.07 Å². The minimum absolute atomic E-state index is 0.218. The average Bonchev–Trinajstić information content (AvgIpc) is 2.37. The van der Waals surface area contributed by atoms with Crippen molar-refractivity contribution in [2.24, 2.45) is 0 Å². The smallest absolute Gasteiger partial charge is 0.139 e. The Bertz CT molecular complexity index is 561. The Morgan fingerprint density at radius 1 is 1.00 bits per heavy atom. The largest absolute Gasteiger partial charge is 0.497 e. The summed E-state index contributed by atoms with van der Waals surface area (Å²) in [7, 11) is 3.68. The number of hydrogen-bond acceptors (Lipinski definition) is 1. The summed E-state index contributed by atoms with van der Waals surface area (Å²) in [5.74, 6) is 0.623. The van der Waals surface area contributed by atoms with Crippen LogP contribution < -0.4 is 10.2 Å². The third-order valence-electron chi connectivity index (χ3n) is 2.65. The van der Waals surface area contributed by atoms with Crippen molar-refractivity contribution in [1.82, 2.24) is 0 Å². The van der Waals surface area contributed by atoms with Gasteiger partial charge in [-0.3, -0.25) is 0 Å². The predicted octanol–water partition coefficient (Wildman–Crippen LogP) is 2.26. The van der Waals surface area contributed by atoms with Crippen LogP contribution in [0.3, 0.4) is 0 Å². The van der Waals surface area contributed by atoms with E-state index in [0.717, 1.165) is 22.3 Å².